The van der Waals surface area contributed by atoms with E-state index in [0.29, 0.717) is 12.5 Å². The lowest BCUT2D eigenvalue weighted by Crippen LogP contribution is -2.30. The maximum Gasteiger partial charge on any atom is 0.0181 e. The van der Waals surface area contributed by atoms with Gasteiger partial charge in [-0.3, -0.25) is 4.21 Å². The number of rotatable bonds is 4. The lowest BCUT2D eigenvalue weighted by Gasteiger charge is -2.22. The van der Waals surface area contributed by atoms with Crippen LogP contribution in [0.1, 0.15) is 19.3 Å². The van der Waals surface area contributed by atoms with Crippen LogP contribution in [0.4, 0.5) is 0 Å². The summed E-state index contributed by atoms with van der Waals surface area (Å²) in [4.78, 5) is 0. The summed E-state index contributed by atoms with van der Waals surface area (Å²) < 4.78 is 22.6. The zero-order valence-electron chi connectivity index (χ0n) is 7.86. The lowest BCUT2D eigenvalue weighted by atomic mass is 9.95. The Bertz CT molecular complexity index is 157. The van der Waals surface area contributed by atoms with E-state index in [1.165, 1.54) is 12.8 Å². The van der Waals surface area contributed by atoms with Crippen LogP contribution >= 0.6 is 24.8 Å². The highest BCUT2D eigenvalue weighted by atomic mass is 35.5. The second-order valence-corrected chi connectivity index (χ2v) is 3.87. The Morgan fingerprint density at radius 3 is 2.43 bits per heavy atom. The molecule has 1 unspecified atom stereocenters. The van der Waals surface area contributed by atoms with E-state index in [9.17, 15) is 8.76 Å². The molecule has 4 nitrogen and oxygen atoms in total. The van der Waals surface area contributed by atoms with E-state index < -0.39 is 11.3 Å². The molecule has 0 amide bonds. The predicted octanol–water partition coefficient (Wildman–Crippen LogP) is 0.603. The van der Waals surface area contributed by atoms with Gasteiger partial charge < -0.3 is 9.87 Å². The Morgan fingerprint density at radius 2 is 1.93 bits per heavy atom. The van der Waals surface area contributed by atoms with Crippen molar-refractivity contribution in [3.05, 3.63) is 0 Å². The standard InChI is InChI=1S/C7H16N2O2S.2ClH/c10-12(11)9-6-3-7-1-4-8-5-2-7;;/h7-9H,1-6H2,(H,10,11);2*1H/p-1. The molecule has 1 heterocycles. The summed E-state index contributed by atoms with van der Waals surface area (Å²) in [6.07, 6.45) is 3.32. The van der Waals surface area contributed by atoms with Gasteiger partial charge in [-0.15, -0.1) is 24.8 Å². The average Bonchev–Trinajstić information content (AvgIpc) is 2.05. The van der Waals surface area contributed by atoms with Crippen molar-refractivity contribution in [3.63, 3.8) is 0 Å². The molecule has 1 rings (SSSR count). The number of nitrogens with one attached hydrogen (secondary N) is 2. The van der Waals surface area contributed by atoms with Crippen LogP contribution in [0.2, 0.25) is 0 Å². The highest BCUT2D eigenvalue weighted by Gasteiger charge is 2.11. The summed E-state index contributed by atoms with van der Waals surface area (Å²) in [5.74, 6) is 0.697. The molecule has 1 aliphatic rings. The molecule has 2 N–H and O–H groups in total. The smallest absolute Gasteiger partial charge is 0.0181 e. The normalized spacial score (nSPS) is 19.2. The molecule has 0 aromatic carbocycles. The minimum atomic E-state index is -2.09. The second-order valence-electron chi connectivity index (χ2n) is 3.11. The quantitative estimate of drug-likeness (QED) is 0.731. The van der Waals surface area contributed by atoms with Gasteiger partial charge in [0.25, 0.3) is 0 Å². The van der Waals surface area contributed by atoms with Gasteiger partial charge in [0.05, 0.1) is 0 Å². The van der Waals surface area contributed by atoms with Crippen molar-refractivity contribution in [1.82, 2.24) is 10.0 Å². The molecule has 0 aliphatic carbocycles. The van der Waals surface area contributed by atoms with E-state index in [4.69, 9.17) is 0 Å². The van der Waals surface area contributed by atoms with Crippen LogP contribution in [0.15, 0.2) is 0 Å². The molecule has 0 spiro atoms. The van der Waals surface area contributed by atoms with Crippen LogP contribution in [0.25, 0.3) is 0 Å². The van der Waals surface area contributed by atoms with Crippen molar-refractivity contribution in [2.75, 3.05) is 19.6 Å². The van der Waals surface area contributed by atoms with Gasteiger partial charge in [0.1, 0.15) is 0 Å². The molecule has 0 aromatic heterocycles. The molecule has 0 saturated carbocycles. The Morgan fingerprint density at radius 1 is 1.36 bits per heavy atom. The summed E-state index contributed by atoms with van der Waals surface area (Å²) in [6.45, 7) is 2.73. The van der Waals surface area contributed by atoms with Crippen molar-refractivity contribution >= 4 is 36.1 Å². The van der Waals surface area contributed by atoms with Crippen LogP contribution in [-0.4, -0.2) is 28.4 Å². The third-order valence-electron chi connectivity index (χ3n) is 2.23. The zero-order chi connectivity index (χ0) is 8.81. The van der Waals surface area contributed by atoms with Crippen molar-refractivity contribution in [3.8, 4) is 0 Å². The first kappa shape index (κ1) is 17.0. The predicted molar refractivity (Wildman–Crippen MR) is 61.6 cm³/mol. The SMILES string of the molecule is Cl.Cl.O=S([O-])NCCC1CCNCC1. The number of halogens is 2. The monoisotopic (exact) mass is 263 g/mol. The van der Waals surface area contributed by atoms with E-state index in [0.717, 1.165) is 19.5 Å². The van der Waals surface area contributed by atoms with Gasteiger partial charge in [0, 0.05) is 17.8 Å². The molecule has 7 heteroatoms. The highest BCUT2D eigenvalue weighted by Crippen LogP contribution is 2.14. The van der Waals surface area contributed by atoms with Gasteiger partial charge >= 0.3 is 0 Å². The molecule has 0 bridgehead atoms. The van der Waals surface area contributed by atoms with Gasteiger partial charge in [-0.05, 0) is 38.3 Å². The molecule has 0 aromatic rings. The van der Waals surface area contributed by atoms with E-state index >= 15 is 0 Å². The molecule has 1 saturated heterocycles. The molecule has 1 fully saturated rings. The molecule has 0 radical (unpaired) electrons. The molecule has 1 aliphatic heterocycles. The lowest BCUT2D eigenvalue weighted by molar-refractivity contribution is 0.354. The number of hydrogen-bond acceptors (Lipinski definition) is 3. The fourth-order valence-corrected chi connectivity index (χ4v) is 1.80. The van der Waals surface area contributed by atoms with Gasteiger partial charge in [-0.25, -0.2) is 4.72 Å². The summed E-state index contributed by atoms with van der Waals surface area (Å²) in [6, 6.07) is 0. The first-order valence-electron chi connectivity index (χ1n) is 4.32. The Hall–Kier alpha value is 0.610. The maximum absolute atomic E-state index is 10.1. The average molecular weight is 264 g/mol. The second kappa shape index (κ2) is 10.1. The minimum absolute atomic E-state index is 0. The largest absolute Gasteiger partial charge is 0.760 e. The topological polar surface area (TPSA) is 64.2 Å². The fraction of sp³-hybridized carbons (Fsp3) is 1.00. The Balaban J connectivity index is 0. The third kappa shape index (κ3) is 7.96. The van der Waals surface area contributed by atoms with Gasteiger partial charge in [-0.2, -0.15) is 0 Å². The summed E-state index contributed by atoms with van der Waals surface area (Å²) in [5.41, 5.74) is 0. The van der Waals surface area contributed by atoms with Crippen molar-refractivity contribution in [1.29, 1.82) is 0 Å². The first-order valence-corrected chi connectivity index (χ1v) is 5.40. The fourth-order valence-electron chi connectivity index (χ4n) is 1.52. The highest BCUT2D eigenvalue weighted by molar-refractivity contribution is 7.77. The van der Waals surface area contributed by atoms with E-state index in [2.05, 4.69) is 10.0 Å². The Labute approximate surface area is 99.8 Å². The molecule has 1 atom stereocenters. The molecule has 14 heavy (non-hydrogen) atoms. The number of hydrogen-bond donors (Lipinski definition) is 2. The van der Waals surface area contributed by atoms with Crippen LogP contribution < -0.4 is 10.0 Å². The molecular formula is C7H17Cl2N2O2S-. The summed E-state index contributed by atoms with van der Waals surface area (Å²) >= 11 is -2.09. The van der Waals surface area contributed by atoms with Crippen molar-refractivity contribution in [2.24, 2.45) is 5.92 Å². The van der Waals surface area contributed by atoms with E-state index in [1.807, 2.05) is 0 Å². The first-order chi connectivity index (χ1) is 5.79. The number of piperidine rings is 1. The maximum atomic E-state index is 10.1. The summed E-state index contributed by atoms with van der Waals surface area (Å²) in [5, 5.41) is 3.27. The van der Waals surface area contributed by atoms with Gasteiger partial charge in [0.2, 0.25) is 0 Å². The molecule has 88 valence electrons. The van der Waals surface area contributed by atoms with Crippen molar-refractivity contribution in [2.45, 2.75) is 19.3 Å². The van der Waals surface area contributed by atoms with Crippen LogP contribution in [0.3, 0.4) is 0 Å². The van der Waals surface area contributed by atoms with Crippen LogP contribution in [0.5, 0.6) is 0 Å². The van der Waals surface area contributed by atoms with Crippen LogP contribution in [0, 0.1) is 5.92 Å². The summed E-state index contributed by atoms with van der Waals surface area (Å²) in [7, 11) is 0. The molecular weight excluding hydrogens is 247 g/mol. The third-order valence-corrected chi connectivity index (χ3v) is 2.67. The van der Waals surface area contributed by atoms with Crippen LogP contribution in [-0.2, 0) is 11.3 Å². The van der Waals surface area contributed by atoms with Gasteiger partial charge in [0.15, 0.2) is 0 Å². The minimum Gasteiger partial charge on any atom is -0.760 e. The zero-order valence-corrected chi connectivity index (χ0v) is 10.3. The van der Waals surface area contributed by atoms with Crippen molar-refractivity contribution < 1.29 is 8.76 Å². The van der Waals surface area contributed by atoms with E-state index in [-0.39, 0.29) is 24.8 Å². The van der Waals surface area contributed by atoms with E-state index in [1.54, 1.807) is 0 Å². The Kier molecular flexibility index (Phi) is 12.3. The van der Waals surface area contributed by atoms with Gasteiger partial charge in [-0.1, -0.05) is 0 Å².